The van der Waals surface area contributed by atoms with Crippen molar-refractivity contribution in [2.75, 3.05) is 19.6 Å². The Morgan fingerprint density at radius 1 is 1.06 bits per heavy atom. The molecule has 3 rings (SSSR count). The normalized spacial score (nSPS) is 16.5. The van der Waals surface area contributed by atoms with Gasteiger partial charge in [-0.3, -0.25) is 9.69 Å². The van der Waals surface area contributed by atoms with E-state index in [1.54, 1.807) is 6.26 Å². The number of ether oxygens (including phenoxy) is 1. The van der Waals surface area contributed by atoms with Gasteiger partial charge in [0, 0.05) is 6.54 Å². The Balaban J connectivity index is 1.55. The summed E-state index contributed by atoms with van der Waals surface area (Å²) in [6, 6.07) is 12.6. The van der Waals surface area contributed by atoms with Gasteiger partial charge in [0.25, 0.3) is 0 Å². The molecule has 2 amide bonds. The highest BCUT2D eigenvalue weighted by Gasteiger charge is 2.28. The zero-order valence-corrected chi connectivity index (χ0v) is 18.4. The highest BCUT2D eigenvalue weighted by atomic mass is 16.5. The summed E-state index contributed by atoms with van der Waals surface area (Å²) in [6.07, 6.45) is 4.59. The second-order valence-corrected chi connectivity index (χ2v) is 8.30. The lowest BCUT2D eigenvalue weighted by Crippen LogP contribution is -2.51. The van der Waals surface area contributed by atoms with Gasteiger partial charge in [0.2, 0.25) is 5.91 Å². The van der Waals surface area contributed by atoms with Gasteiger partial charge in [0.05, 0.1) is 12.3 Å². The average Bonchev–Trinajstić information content (AvgIpc) is 3.32. The van der Waals surface area contributed by atoms with Crippen molar-refractivity contribution in [3.05, 3.63) is 60.1 Å². The maximum absolute atomic E-state index is 12.9. The number of likely N-dealkylation sites (tertiary alicyclic amines) is 1. The molecule has 1 aromatic heterocycles. The van der Waals surface area contributed by atoms with Crippen LogP contribution >= 0.6 is 0 Å². The Bertz CT molecular complexity index is 801. The zero-order valence-electron chi connectivity index (χ0n) is 18.4. The summed E-state index contributed by atoms with van der Waals surface area (Å²) in [5.74, 6) is 0.542. The molecule has 1 aromatic carbocycles. The first-order chi connectivity index (χ1) is 15.0. The smallest absolute Gasteiger partial charge is 0.408 e. The fraction of sp³-hybridized carbons (Fsp3) is 0.500. The number of nitrogens with zero attached hydrogens (tertiary/aromatic N) is 1. The van der Waals surface area contributed by atoms with Gasteiger partial charge in [0.1, 0.15) is 18.4 Å². The van der Waals surface area contributed by atoms with Crippen molar-refractivity contribution in [1.29, 1.82) is 0 Å². The van der Waals surface area contributed by atoms with E-state index < -0.39 is 12.1 Å². The van der Waals surface area contributed by atoms with Crippen LogP contribution in [0.3, 0.4) is 0 Å². The summed E-state index contributed by atoms with van der Waals surface area (Å²) in [4.78, 5) is 27.5. The van der Waals surface area contributed by atoms with Crippen molar-refractivity contribution in [2.24, 2.45) is 5.92 Å². The van der Waals surface area contributed by atoms with E-state index in [2.05, 4.69) is 15.5 Å². The number of piperidine rings is 1. The third kappa shape index (κ3) is 6.85. The summed E-state index contributed by atoms with van der Waals surface area (Å²) in [6.45, 7) is 6.36. The lowest BCUT2D eigenvalue weighted by atomic mass is 10.0. The molecule has 1 fully saturated rings. The maximum Gasteiger partial charge on any atom is 0.408 e. The Hall–Kier alpha value is -2.80. The van der Waals surface area contributed by atoms with Crippen LogP contribution in [-0.2, 0) is 16.1 Å². The molecule has 0 spiro atoms. The predicted octanol–water partition coefficient (Wildman–Crippen LogP) is 3.87. The molecule has 0 aliphatic carbocycles. The Kier molecular flexibility index (Phi) is 8.53. The molecule has 31 heavy (non-hydrogen) atoms. The summed E-state index contributed by atoms with van der Waals surface area (Å²) < 4.78 is 10.9. The van der Waals surface area contributed by atoms with Crippen LogP contribution in [0.4, 0.5) is 4.79 Å². The lowest BCUT2D eigenvalue weighted by molar-refractivity contribution is -0.124. The number of amides is 2. The number of nitrogens with one attached hydrogen (secondary N) is 2. The highest BCUT2D eigenvalue weighted by molar-refractivity contribution is 5.85. The molecule has 2 N–H and O–H groups in total. The third-order valence-electron chi connectivity index (χ3n) is 5.61. The zero-order chi connectivity index (χ0) is 22.1. The molecule has 7 nitrogen and oxygen atoms in total. The standard InChI is InChI=1S/C24H33N3O4/c1-18(2)22(26-24(29)31-17-19-10-5-3-6-11-19)23(28)25-16-20(21-12-9-15-30-21)27-13-7-4-8-14-27/h3,5-6,9-12,15,18,20,22H,4,7-8,13-14,16-17H2,1-2H3,(H,25,28)(H,26,29). The highest BCUT2D eigenvalue weighted by Crippen LogP contribution is 2.24. The molecule has 7 heteroatoms. The van der Waals surface area contributed by atoms with E-state index in [-0.39, 0.29) is 24.5 Å². The van der Waals surface area contributed by atoms with Crippen molar-refractivity contribution in [1.82, 2.24) is 15.5 Å². The third-order valence-corrected chi connectivity index (χ3v) is 5.61. The summed E-state index contributed by atoms with van der Waals surface area (Å²) >= 11 is 0. The van der Waals surface area contributed by atoms with Crippen molar-refractivity contribution < 1.29 is 18.7 Å². The van der Waals surface area contributed by atoms with Crippen molar-refractivity contribution in [3.63, 3.8) is 0 Å². The number of hydrogen-bond donors (Lipinski definition) is 2. The molecule has 2 atom stereocenters. The Morgan fingerprint density at radius 2 is 1.81 bits per heavy atom. The molecule has 0 saturated carbocycles. The van der Waals surface area contributed by atoms with Crippen LogP contribution in [0.5, 0.6) is 0 Å². The number of carbonyl (C=O) groups is 2. The lowest BCUT2D eigenvalue weighted by Gasteiger charge is -2.34. The Morgan fingerprint density at radius 3 is 2.45 bits per heavy atom. The van der Waals surface area contributed by atoms with E-state index in [1.165, 1.54) is 6.42 Å². The minimum absolute atomic E-state index is 0.0166. The van der Waals surface area contributed by atoms with Crippen molar-refractivity contribution >= 4 is 12.0 Å². The maximum atomic E-state index is 12.9. The van der Waals surface area contributed by atoms with Gasteiger partial charge in [0.15, 0.2) is 0 Å². The number of carbonyl (C=O) groups excluding carboxylic acids is 2. The molecule has 0 radical (unpaired) electrons. The fourth-order valence-electron chi connectivity index (χ4n) is 3.85. The minimum Gasteiger partial charge on any atom is -0.468 e. The second kappa shape index (κ2) is 11.6. The first-order valence-electron chi connectivity index (χ1n) is 11.1. The van der Waals surface area contributed by atoms with Gasteiger partial charge < -0.3 is 19.8 Å². The van der Waals surface area contributed by atoms with Gasteiger partial charge >= 0.3 is 6.09 Å². The first kappa shape index (κ1) is 22.9. The van der Waals surface area contributed by atoms with Crippen LogP contribution in [0, 0.1) is 5.92 Å². The number of benzene rings is 1. The number of hydrogen-bond acceptors (Lipinski definition) is 5. The number of rotatable bonds is 9. The largest absolute Gasteiger partial charge is 0.468 e. The molecule has 0 bridgehead atoms. The van der Waals surface area contributed by atoms with Gasteiger partial charge in [-0.05, 0) is 49.5 Å². The molecule has 1 saturated heterocycles. The van der Waals surface area contributed by atoms with Crippen LogP contribution < -0.4 is 10.6 Å². The van der Waals surface area contributed by atoms with E-state index in [0.29, 0.717) is 6.54 Å². The van der Waals surface area contributed by atoms with Crippen molar-refractivity contribution in [2.45, 2.75) is 51.8 Å². The molecule has 168 valence electrons. The summed E-state index contributed by atoms with van der Waals surface area (Å²) in [5, 5.41) is 5.73. The van der Waals surface area contributed by atoms with E-state index >= 15 is 0 Å². The van der Waals surface area contributed by atoms with E-state index in [1.807, 2.05) is 56.3 Å². The summed E-state index contributed by atoms with van der Waals surface area (Å²) in [7, 11) is 0. The Labute approximate surface area is 184 Å². The van der Waals surface area contributed by atoms with E-state index in [0.717, 1.165) is 37.3 Å². The van der Waals surface area contributed by atoms with E-state index in [9.17, 15) is 9.59 Å². The van der Waals surface area contributed by atoms with Crippen LogP contribution in [-0.4, -0.2) is 42.6 Å². The first-order valence-corrected chi connectivity index (χ1v) is 11.1. The molecular weight excluding hydrogens is 394 g/mol. The van der Waals surface area contributed by atoms with E-state index in [4.69, 9.17) is 9.15 Å². The SMILES string of the molecule is CC(C)C(NC(=O)OCc1ccccc1)C(=O)NCC(c1ccco1)N1CCCCC1. The monoisotopic (exact) mass is 427 g/mol. The minimum atomic E-state index is -0.679. The molecule has 2 unspecified atom stereocenters. The molecule has 2 aromatic rings. The van der Waals surface area contributed by atoms with Gasteiger partial charge in [-0.25, -0.2) is 4.79 Å². The molecule has 1 aliphatic rings. The van der Waals surface area contributed by atoms with Crippen LogP contribution in [0.2, 0.25) is 0 Å². The number of alkyl carbamates (subject to hydrolysis) is 1. The molecular formula is C24H33N3O4. The van der Waals surface area contributed by atoms with Crippen LogP contribution in [0.25, 0.3) is 0 Å². The topological polar surface area (TPSA) is 83.8 Å². The van der Waals surface area contributed by atoms with Gasteiger partial charge in [-0.2, -0.15) is 0 Å². The van der Waals surface area contributed by atoms with Crippen LogP contribution in [0.1, 0.15) is 50.5 Å². The quantitative estimate of drug-likeness (QED) is 0.635. The van der Waals surface area contributed by atoms with Crippen LogP contribution in [0.15, 0.2) is 53.1 Å². The second-order valence-electron chi connectivity index (χ2n) is 8.30. The van der Waals surface area contributed by atoms with Crippen molar-refractivity contribution in [3.8, 4) is 0 Å². The predicted molar refractivity (Wildman–Crippen MR) is 118 cm³/mol. The molecule has 2 heterocycles. The van der Waals surface area contributed by atoms with Gasteiger partial charge in [-0.15, -0.1) is 0 Å². The van der Waals surface area contributed by atoms with Gasteiger partial charge in [-0.1, -0.05) is 50.6 Å². The fourth-order valence-corrected chi connectivity index (χ4v) is 3.85. The summed E-state index contributed by atoms with van der Waals surface area (Å²) in [5.41, 5.74) is 0.894. The average molecular weight is 428 g/mol. The molecule has 1 aliphatic heterocycles. The number of furan rings is 1.